The SMILES string of the molecule is COC(=O)c1ccc(OC(=O)CCNC(=O)c2ccco2)cc1. The number of carbonyl (C=O) groups excluding carboxylic acids is 3. The molecule has 0 radical (unpaired) electrons. The summed E-state index contributed by atoms with van der Waals surface area (Å²) in [5.41, 5.74) is 0.359. The number of furan rings is 1. The van der Waals surface area contributed by atoms with Crippen LogP contribution in [0.15, 0.2) is 47.1 Å². The minimum Gasteiger partial charge on any atom is -0.465 e. The first-order valence-corrected chi connectivity index (χ1v) is 6.81. The summed E-state index contributed by atoms with van der Waals surface area (Å²) < 4.78 is 14.6. The number of benzene rings is 1. The summed E-state index contributed by atoms with van der Waals surface area (Å²) in [5, 5.41) is 2.54. The quantitative estimate of drug-likeness (QED) is 0.645. The molecule has 0 fully saturated rings. The van der Waals surface area contributed by atoms with E-state index in [0.29, 0.717) is 11.3 Å². The van der Waals surface area contributed by atoms with Gasteiger partial charge < -0.3 is 19.2 Å². The van der Waals surface area contributed by atoms with Crippen molar-refractivity contribution in [1.82, 2.24) is 5.32 Å². The fraction of sp³-hybridized carbons (Fsp3) is 0.188. The van der Waals surface area contributed by atoms with Crippen molar-refractivity contribution in [1.29, 1.82) is 0 Å². The van der Waals surface area contributed by atoms with Crippen molar-refractivity contribution in [3.05, 3.63) is 54.0 Å². The van der Waals surface area contributed by atoms with E-state index in [-0.39, 0.29) is 18.7 Å². The summed E-state index contributed by atoms with van der Waals surface area (Å²) in [6.07, 6.45) is 1.40. The summed E-state index contributed by atoms with van der Waals surface area (Å²) in [5.74, 6) is -0.888. The smallest absolute Gasteiger partial charge is 0.337 e. The van der Waals surface area contributed by atoms with E-state index in [1.54, 1.807) is 6.07 Å². The lowest BCUT2D eigenvalue weighted by atomic mass is 10.2. The summed E-state index contributed by atoms with van der Waals surface area (Å²) in [4.78, 5) is 34.5. The van der Waals surface area contributed by atoms with Crippen molar-refractivity contribution in [3.63, 3.8) is 0 Å². The highest BCUT2D eigenvalue weighted by molar-refractivity contribution is 5.91. The van der Waals surface area contributed by atoms with Gasteiger partial charge in [0.15, 0.2) is 5.76 Å². The molecular formula is C16H15NO6. The van der Waals surface area contributed by atoms with Crippen LogP contribution in [0.5, 0.6) is 5.75 Å². The summed E-state index contributed by atoms with van der Waals surface area (Å²) in [7, 11) is 1.29. The highest BCUT2D eigenvalue weighted by Gasteiger charge is 2.10. The standard InChI is InChI=1S/C16H15NO6/c1-21-16(20)11-4-6-12(7-5-11)23-14(18)8-9-17-15(19)13-3-2-10-22-13/h2-7,10H,8-9H2,1H3,(H,17,19). The minimum atomic E-state index is -0.504. The average molecular weight is 317 g/mol. The third-order valence-corrected chi connectivity index (χ3v) is 2.87. The van der Waals surface area contributed by atoms with E-state index in [1.807, 2.05) is 0 Å². The molecular weight excluding hydrogens is 302 g/mol. The predicted octanol–water partition coefficient (Wildman–Crippen LogP) is 1.79. The van der Waals surface area contributed by atoms with Crippen LogP contribution in [0.25, 0.3) is 0 Å². The van der Waals surface area contributed by atoms with Gasteiger partial charge in [-0.1, -0.05) is 0 Å². The summed E-state index contributed by atoms with van der Waals surface area (Å²) >= 11 is 0. The maximum absolute atomic E-state index is 11.7. The molecule has 0 unspecified atom stereocenters. The molecule has 0 saturated heterocycles. The molecule has 1 heterocycles. The molecule has 2 rings (SSSR count). The van der Waals surface area contributed by atoms with Gasteiger partial charge in [-0.05, 0) is 36.4 Å². The minimum absolute atomic E-state index is 0.00516. The monoisotopic (exact) mass is 317 g/mol. The molecule has 1 aromatic heterocycles. The highest BCUT2D eigenvalue weighted by Crippen LogP contribution is 2.13. The number of amides is 1. The van der Waals surface area contributed by atoms with Crippen LogP contribution in [0, 0.1) is 0 Å². The van der Waals surface area contributed by atoms with Crippen molar-refractivity contribution in [3.8, 4) is 5.75 Å². The molecule has 23 heavy (non-hydrogen) atoms. The van der Waals surface area contributed by atoms with Gasteiger partial charge in [0.05, 0.1) is 25.4 Å². The molecule has 0 bridgehead atoms. The van der Waals surface area contributed by atoms with Gasteiger partial charge in [-0.25, -0.2) is 4.79 Å². The molecule has 7 heteroatoms. The molecule has 0 aliphatic rings. The van der Waals surface area contributed by atoms with Crippen molar-refractivity contribution in [2.24, 2.45) is 0 Å². The largest absolute Gasteiger partial charge is 0.465 e. The van der Waals surface area contributed by atoms with Crippen LogP contribution < -0.4 is 10.1 Å². The second kappa shape index (κ2) is 7.79. The molecule has 2 aromatic rings. The van der Waals surface area contributed by atoms with Crippen molar-refractivity contribution in [2.45, 2.75) is 6.42 Å². The molecule has 0 spiro atoms. The van der Waals surface area contributed by atoms with Gasteiger partial charge in [0, 0.05) is 6.54 Å². The van der Waals surface area contributed by atoms with Crippen LogP contribution in [0.3, 0.4) is 0 Å². The number of esters is 2. The van der Waals surface area contributed by atoms with Gasteiger partial charge in [-0.2, -0.15) is 0 Å². The number of hydrogen-bond acceptors (Lipinski definition) is 6. The Morgan fingerprint density at radius 2 is 1.87 bits per heavy atom. The average Bonchev–Trinajstić information content (AvgIpc) is 3.09. The van der Waals surface area contributed by atoms with E-state index in [2.05, 4.69) is 10.1 Å². The second-order valence-corrected chi connectivity index (χ2v) is 4.47. The molecule has 1 amide bonds. The first-order valence-electron chi connectivity index (χ1n) is 6.81. The maximum atomic E-state index is 11.7. The van der Waals surface area contributed by atoms with Gasteiger partial charge in [0.2, 0.25) is 0 Å². The van der Waals surface area contributed by atoms with Crippen LogP contribution in [0.2, 0.25) is 0 Å². The van der Waals surface area contributed by atoms with E-state index in [9.17, 15) is 14.4 Å². The third kappa shape index (κ3) is 4.70. The van der Waals surface area contributed by atoms with Crippen LogP contribution >= 0.6 is 0 Å². The van der Waals surface area contributed by atoms with Crippen LogP contribution in [-0.4, -0.2) is 31.5 Å². The van der Waals surface area contributed by atoms with Gasteiger partial charge in [0.1, 0.15) is 5.75 Å². The first-order chi connectivity index (χ1) is 11.1. The van der Waals surface area contributed by atoms with E-state index in [4.69, 9.17) is 9.15 Å². The molecule has 1 N–H and O–H groups in total. The number of hydrogen-bond donors (Lipinski definition) is 1. The van der Waals surface area contributed by atoms with Gasteiger partial charge in [-0.15, -0.1) is 0 Å². The molecule has 0 aliphatic heterocycles. The second-order valence-electron chi connectivity index (χ2n) is 4.47. The number of rotatable bonds is 6. The Morgan fingerprint density at radius 3 is 2.48 bits per heavy atom. The molecule has 1 aromatic carbocycles. The highest BCUT2D eigenvalue weighted by atomic mass is 16.5. The molecule has 0 atom stereocenters. The Kier molecular flexibility index (Phi) is 5.51. The lowest BCUT2D eigenvalue weighted by Gasteiger charge is -2.06. The van der Waals surface area contributed by atoms with E-state index < -0.39 is 17.8 Å². The lowest BCUT2D eigenvalue weighted by Crippen LogP contribution is -2.26. The Labute approximate surface area is 132 Å². The van der Waals surface area contributed by atoms with Crippen molar-refractivity contribution in [2.75, 3.05) is 13.7 Å². The Balaban J connectivity index is 1.76. The van der Waals surface area contributed by atoms with Gasteiger partial charge >= 0.3 is 11.9 Å². The molecule has 120 valence electrons. The summed E-state index contributed by atoms with van der Waals surface area (Å²) in [6.45, 7) is 0.124. The van der Waals surface area contributed by atoms with Crippen LogP contribution in [0.1, 0.15) is 27.3 Å². The number of nitrogens with one attached hydrogen (secondary N) is 1. The normalized spacial score (nSPS) is 9.96. The first kappa shape index (κ1) is 16.3. The van der Waals surface area contributed by atoms with Crippen LogP contribution in [-0.2, 0) is 9.53 Å². The fourth-order valence-corrected chi connectivity index (χ4v) is 1.73. The molecule has 0 aliphatic carbocycles. The molecule has 0 saturated carbocycles. The Morgan fingerprint density at radius 1 is 1.13 bits per heavy atom. The number of ether oxygens (including phenoxy) is 2. The van der Waals surface area contributed by atoms with E-state index in [1.165, 1.54) is 43.7 Å². The van der Waals surface area contributed by atoms with Crippen molar-refractivity contribution >= 4 is 17.8 Å². The van der Waals surface area contributed by atoms with Crippen molar-refractivity contribution < 1.29 is 28.3 Å². The third-order valence-electron chi connectivity index (χ3n) is 2.87. The number of carbonyl (C=O) groups is 3. The van der Waals surface area contributed by atoms with Crippen LogP contribution in [0.4, 0.5) is 0 Å². The zero-order chi connectivity index (χ0) is 16.7. The van der Waals surface area contributed by atoms with E-state index in [0.717, 1.165) is 0 Å². The van der Waals surface area contributed by atoms with Gasteiger partial charge in [0.25, 0.3) is 5.91 Å². The summed E-state index contributed by atoms with van der Waals surface area (Å²) in [6, 6.07) is 9.09. The fourth-order valence-electron chi connectivity index (χ4n) is 1.73. The Hall–Kier alpha value is -3.09. The maximum Gasteiger partial charge on any atom is 0.337 e. The zero-order valence-corrected chi connectivity index (χ0v) is 12.4. The zero-order valence-electron chi connectivity index (χ0n) is 12.4. The van der Waals surface area contributed by atoms with E-state index >= 15 is 0 Å². The lowest BCUT2D eigenvalue weighted by molar-refractivity contribution is -0.134. The molecule has 7 nitrogen and oxygen atoms in total. The predicted molar refractivity (Wildman–Crippen MR) is 79.1 cm³/mol. The number of methoxy groups -OCH3 is 1. The Bertz CT molecular complexity index is 675. The van der Waals surface area contributed by atoms with Gasteiger partial charge in [-0.3, -0.25) is 9.59 Å². The topological polar surface area (TPSA) is 94.8 Å².